The molecule has 0 radical (unpaired) electrons. The van der Waals surface area contributed by atoms with Gasteiger partial charge in [0, 0.05) is 18.3 Å². The van der Waals surface area contributed by atoms with Crippen LogP contribution in [0.25, 0.3) is 22.4 Å². The van der Waals surface area contributed by atoms with E-state index in [0.717, 1.165) is 47.0 Å². The van der Waals surface area contributed by atoms with Crippen LogP contribution in [0.2, 0.25) is 0 Å². The number of fused-ring (bicyclic) bond motifs is 1. The molecule has 0 amide bonds. The van der Waals surface area contributed by atoms with E-state index in [1.165, 1.54) is 0 Å². The molecule has 0 saturated heterocycles. The van der Waals surface area contributed by atoms with Crippen LogP contribution in [-0.4, -0.2) is 45.2 Å². The van der Waals surface area contributed by atoms with Gasteiger partial charge in [0.05, 0.1) is 22.8 Å². The Balaban J connectivity index is 1.52. The van der Waals surface area contributed by atoms with Crippen molar-refractivity contribution in [1.29, 1.82) is 0 Å². The summed E-state index contributed by atoms with van der Waals surface area (Å²) in [6, 6.07) is 16.1. The number of hydrogen-bond acceptors (Lipinski definition) is 5. The maximum Gasteiger partial charge on any atom is 0.261 e. The summed E-state index contributed by atoms with van der Waals surface area (Å²) < 4.78 is 0. The fourth-order valence-electron chi connectivity index (χ4n) is 4.17. The Morgan fingerprint density at radius 2 is 2.03 bits per heavy atom. The lowest BCUT2D eigenvalue weighted by Crippen LogP contribution is -2.29. The van der Waals surface area contributed by atoms with Crippen molar-refractivity contribution >= 4 is 22.6 Å². The van der Waals surface area contributed by atoms with Crippen LogP contribution >= 0.6 is 0 Å². The average Bonchev–Trinajstić information content (AvgIpc) is 3.55. The summed E-state index contributed by atoms with van der Waals surface area (Å²) in [5, 5.41) is 10.1. The summed E-state index contributed by atoms with van der Waals surface area (Å²) in [6.07, 6.45) is 4.49. The number of nitrogens with two attached hydrogens (primary N) is 1. The summed E-state index contributed by atoms with van der Waals surface area (Å²) in [5.74, 6) is 0.970. The minimum atomic E-state index is -0.276. The highest BCUT2D eigenvalue weighted by Gasteiger charge is 2.22. The highest BCUT2D eigenvalue weighted by molar-refractivity contribution is 6.01. The zero-order valence-corrected chi connectivity index (χ0v) is 19.1. The van der Waals surface area contributed by atoms with Crippen LogP contribution < -0.4 is 16.2 Å². The number of rotatable bonds is 8. The molecule has 34 heavy (non-hydrogen) atoms. The van der Waals surface area contributed by atoms with E-state index in [2.05, 4.69) is 15.0 Å². The van der Waals surface area contributed by atoms with Gasteiger partial charge in [0.15, 0.2) is 0 Å². The number of amidine groups is 1. The standard InChI is InChI=1S/C26H28N6O2/c1-16-13-18(24(27)29-19-7-8-19)14-20-23(16)31-25(30-20)22-21(9-11-28-26(22)34)32(15-33)12-10-17-5-3-2-4-6-17/h2-6,9,11,13-14,19,33H,7-8,10,12,15H2,1H3,(H2,27,29)(H,28,34)(H,30,31). The first-order chi connectivity index (χ1) is 16.5. The Hall–Kier alpha value is -3.91. The molecule has 1 aliphatic rings. The van der Waals surface area contributed by atoms with E-state index in [0.29, 0.717) is 35.5 Å². The van der Waals surface area contributed by atoms with Crippen molar-refractivity contribution in [2.45, 2.75) is 32.2 Å². The molecule has 0 unspecified atom stereocenters. The van der Waals surface area contributed by atoms with Gasteiger partial charge in [-0.25, -0.2) is 4.98 Å². The molecule has 0 bridgehead atoms. The first kappa shape index (κ1) is 21.9. The zero-order valence-electron chi connectivity index (χ0n) is 19.1. The van der Waals surface area contributed by atoms with E-state index in [9.17, 15) is 9.90 Å². The first-order valence-corrected chi connectivity index (χ1v) is 11.5. The van der Waals surface area contributed by atoms with Gasteiger partial charge in [0.1, 0.15) is 24.0 Å². The van der Waals surface area contributed by atoms with Crippen LogP contribution in [0.4, 0.5) is 5.69 Å². The van der Waals surface area contributed by atoms with Crippen molar-refractivity contribution in [2.24, 2.45) is 10.7 Å². The van der Waals surface area contributed by atoms with Crippen LogP contribution in [0.3, 0.4) is 0 Å². The lowest BCUT2D eigenvalue weighted by molar-refractivity contribution is 0.291. The third-order valence-corrected chi connectivity index (χ3v) is 6.14. The van der Waals surface area contributed by atoms with Gasteiger partial charge in [-0.2, -0.15) is 0 Å². The van der Waals surface area contributed by atoms with Crippen LogP contribution in [-0.2, 0) is 6.42 Å². The van der Waals surface area contributed by atoms with Crippen molar-refractivity contribution in [3.8, 4) is 11.4 Å². The van der Waals surface area contributed by atoms with E-state index >= 15 is 0 Å². The van der Waals surface area contributed by atoms with Crippen LogP contribution in [0.15, 0.2) is 64.5 Å². The number of aryl methyl sites for hydroxylation is 1. The van der Waals surface area contributed by atoms with Crippen LogP contribution in [0.5, 0.6) is 0 Å². The van der Waals surface area contributed by atoms with Gasteiger partial charge in [-0.05, 0) is 55.5 Å². The normalized spacial score (nSPS) is 14.0. The second-order valence-electron chi connectivity index (χ2n) is 8.73. The summed E-state index contributed by atoms with van der Waals surface area (Å²) in [5.41, 5.74) is 11.5. The summed E-state index contributed by atoms with van der Waals surface area (Å²) >= 11 is 0. The van der Waals surface area contributed by atoms with E-state index in [1.807, 2.05) is 49.4 Å². The number of aromatic amines is 2. The lowest BCUT2D eigenvalue weighted by atomic mass is 10.1. The molecule has 8 nitrogen and oxygen atoms in total. The summed E-state index contributed by atoms with van der Waals surface area (Å²) in [6.45, 7) is 2.30. The molecular formula is C26H28N6O2. The molecular weight excluding hydrogens is 428 g/mol. The first-order valence-electron chi connectivity index (χ1n) is 11.5. The Morgan fingerprint density at radius 1 is 1.24 bits per heavy atom. The third-order valence-electron chi connectivity index (χ3n) is 6.14. The Kier molecular flexibility index (Phi) is 5.90. The quantitative estimate of drug-likeness (QED) is 0.184. The molecule has 1 saturated carbocycles. The van der Waals surface area contributed by atoms with Gasteiger partial charge in [-0.15, -0.1) is 0 Å². The van der Waals surface area contributed by atoms with Gasteiger partial charge < -0.3 is 25.7 Å². The average molecular weight is 457 g/mol. The van der Waals surface area contributed by atoms with Gasteiger partial charge >= 0.3 is 0 Å². The largest absolute Gasteiger partial charge is 0.383 e. The maximum atomic E-state index is 12.9. The number of nitrogens with zero attached hydrogens (tertiary/aromatic N) is 3. The number of aliphatic hydroxyl groups is 1. The van der Waals surface area contributed by atoms with E-state index in [-0.39, 0.29) is 12.3 Å². The number of aliphatic hydroxyl groups excluding tert-OH is 1. The number of nitrogens with one attached hydrogen (secondary N) is 2. The topological polar surface area (TPSA) is 123 Å². The molecule has 1 fully saturated rings. The van der Waals surface area contributed by atoms with Crippen LogP contribution in [0.1, 0.15) is 29.5 Å². The zero-order chi connectivity index (χ0) is 23.7. The molecule has 2 aromatic carbocycles. The van der Waals surface area contributed by atoms with Crippen molar-refractivity contribution < 1.29 is 5.11 Å². The van der Waals surface area contributed by atoms with E-state index in [4.69, 9.17) is 10.7 Å². The molecule has 5 N–H and O–H groups in total. The fourth-order valence-corrected chi connectivity index (χ4v) is 4.17. The summed E-state index contributed by atoms with van der Waals surface area (Å²) in [7, 11) is 0. The van der Waals surface area contributed by atoms with Gasteiger partial charge in [0.25, 0.3) is 5.56 Å². The minimum Gasteiger partial charge on any atom is -0.383 e. The molecule has 0 atom stereocenters. The second kappa shape index (κ2) is 9.15. The molecule has 1 aliphatic carbocycles. The maximum absolute atomic E-state index is 12.9. The monoisotopic (exact) mass is 456 g/mol. The van der Waals surface area contributed by atoms with Gasteiger partial charge in [0.2, 0.25) is 0 Å². The van der Waals surface area contributed by atoms with Crippen LogP contribution in [0, 0.1) is 6.92 Å². The number of aromatic nitrogens is 3. The second-order valence-corrected chi connectivity index (χ2v) is 8.73. The molecule has 8 heteroatoms. The summed E-state index contributed by atoms with van der Waals surface area (Å²) in [4.78, 5) is 30.1. The smallest absolute Gasteiger partial charge is 0.261 e. The number of hydrogen-bond donors (Lipinski definition) is 4. The van der Waals surface area contributed by atoms with Crippen molar-refractivity contribution in [1.82, 2.24) is 15.0 Å². The predicted octanol–water partition coefficient (Wildman–Crippen LogP) is 3.09. The van der Waals surface area contributed by atoms with E-state index in [1.54, 1.807) is 17.2 Å². The minimum absolute atomic E-state index is 0.221. The molecule has 0 spiro atoms. The number of benzene rings is 2. The molecule has 0 aliphatic heterocycles. The number of H-pyrrole nitrogens is 2. The van der Waals surface area contributed by atoms with Crippen molar-refractivity contribution in [2.75, 3.05) is 18.2 Å². The van der Waals surface area contributed by atoms with Crippen molar-refractivity contribution in [3.63, 3.8) is 0 Å². The van der Waals surface area contributed by atoms with Crippen molar-refractivity contribution in [3.05, 3.63) is 81.8 Å². The Bertz CT molecular complexity index is 1400. The number of anilines is 1. The number of aliphatic imine (C=N–C) groups is 1. The highest BCUT2D eigenvalue weighted by Crippen LogP contribution is 2.29. The Morgan fingerprint density at radius 3 is 2.76 bits per heavy atom. The molecule has 2 heterocycles. The highest BCUT2D eigenvalue weighted by atomic mass is 16.3. The molecule has 174 valence electrons. The molecule has 2 aromatic heterocycles. The number of imidazole rings is 1. The van der Waals surface area contributed by atoms with E-state index < -0.39 is 0 Å². The Labute approximate surface area is 197 Å². The van der Waals surface area contributed by atoms with Gasteiger partial charge in [-0.1, -0.05) is 30.3 Å². The molecule has 5 rings (SSSR count). The third kappa shape index (κ3) is 4.45. The SMILES string of the molecule is Cc1cc(C(N)=NC2CC2)cc2[nH]c(-c3c(N(CO)CCc4ccccc4)cc[nH]c3=O)nc12. The molecule has 4 aromatic rings. The lowest BCUT2D eigenvalue weighted by Gasteiger charge is -2.23. The predicted molar refractivity (Wildman–Crippen MR) is 135 cm³/mol. The van der Waals surface area contributed by atoms with Gasteiger partial charge in [-0.3, -0.25) is 9.79 Å². The number of pyridine rings is 1. The fraction of sp³-hybridized carbons (Fsp3) is 0.269.